The van der Waals surface area contributed by atoms with E-state index in [0.717, 1.165) is 6.42 Å². The Hall–Kier alpha value is -2.30. The third kappa shape index (κ3) is 2.52. The molecule has 1 aromatic carbocycles. The highest BCUT2D eigenvalue weighted by Gasteiger charge is 2.23. The summed E-state index contributed by atoms with van der Waals surface area (Å²) in [6.45, 7) is 0.561. The minimum absolute atomic E-state index is 0.244. The summed E-state index contributed by atoms with van der Waals surface area (Å²) in [6, 6.07) is 7.33. The lowest BCUT2D eigenvalue weighted by atomic mass is 10.0. The van der Waals surface area contributed by atoms with Crippen molar-refractivity contribution in [3.05, 3.63) is 53.7 Å². The van der Waals surface area contributed by atoms with Gasteiger partial charge in [0.2, 0.25) is 0 Å². The van der Waals surface area contributed by atoms with Crippen molar-refractivity contribution in [2.75, 3.05) is 6.61 Å². The lowest BCUT2D eigenvalue weighted by Gasteiger charge is -2.17. The topological polar surface area (TPSA) is 51.5 Å². The first-order valence-electron chi connectivity index (χ1n) is 6.50. The summed E-state index contributed by atoms with van der Waals surface area (Å²) in [5, 5.41) is 2.87. The number of halogens is 1. The molecule has 0 saturated heterocycles. The molecule has 20 heavy (non-hydrogen) atoms. The van der Waals surface area contributed by atoms with Gasteiger partial charge >= 0.3 is 0 Å². The molecule has 0 aliphatic carbocycles. The Morgan fingerprint density at radius 1 is 1.35 bits per heavy atom. The van der Waals surface area contributed by atoms with E-state index in [-0.39, 0.29) is 23.5 Å². The quantitative estimate of drug-likeness (QED) is 0.916. The summed E-state index contributed by atoms with van der Waals surface area (Å²) in [7, 11) is 0. The Balaban J connectivity index is 1.86. The van der Waals surface area contributed by atoms with E-state index >= 15 is 0 Å². The van der Waals surface area contributed by atoms with Gasteiger partial charge in [0.25, 0.3) is 5.91 Å². The highest BCUT2D eigenvalue weighted by molar-refractivity contribution is 5.91. The van der Waals surface area contributed by atoms with Crippen LogP contribution in [0.3, 0.4) is 0 Å². The molecule has 4 nitrogen and oxygen atoms in total. The number of carbonyl (C=O) groups excluding carboxylic acids is 1. The molecule has 1 aliphatic rings. The number of amides is 1. The average Bonchev–Trinajstić information content (AvgIpc) is 2.91. The number of furan rings is 1. The predicted molar refractivity (Wildman–Crippen MR) is 70.0 cm³/mol. The van der Waals surface area contributed by atoms with Gasteiger partial charge in [0.15, 0.2) is 5.76 Å². The van der Waals surface area contributed by atoms with Crippen LogP contribution in [0.15, 0.2) is 41.0 Å². The van der Waals surface area contributed by atoms with Gasteiger partial charge in [-0.2, -0.15) is 0 Å². The number of nitrogens with one attached hydrogen (secondary N) is 1. The van der Waals surface area contributed by atoms with Crippen molar-refractivity contribution in [1.82, 2.24) is 5.32 Å². The molecule has 104 valence electrons. The van der Waals surface area contributed by atoms with Gasteiger partial charge in [0, 0.05) is 5.56 Å². The molecule has 1 aliphatic heterocycles. The molecule has 1 amide bonds. The van der Waals surface area contributed by atoms with Gasteiger partial charge in [0.1, 0.15) is 11.6 Å². The predicted octanol–water partition coefficient (Wildman–Crippen LogP) is 3.06. The molecular formula is C15H14FNO3. The maximum atomic E-state index is 13.4. The van der Waals surface area contributed by atoms with Crippen LogP contribution in [0.2, 0.25) is 0 Å². The van der Waals surface area contributed by atoms with Gasteiger partial charge in [-0.05, 0) is 43.2 Å². The highest BCUT2D eigenvalue weighted by Crippen LogP contribution is 2.32. The first-order chi connectivity index (χ1) is 9.74. The second-order valence-electron chi connectivity index (χ2n) is 4.68. The molecular weight excluding hydrogens is 261 g/mol. The largest absolute Gasteiger partial charge is 0.493 e. The number of carbonyl (C=O) groups is 1. The van der Waals surface area contributed by atoms with Gasteiger partial charge < -0.3 is 14.5 Å². The summed E-state index contributed by atoms with van der Waals surface area (Å²) >= 11 is 0. The molecule has 0 fully saturated rings. The molecule has 5 heteroatoms. The van der Waals surface area contributed by atoms with Crippen LogP contribution in [0.5, 0.6) is 5.75 Å². The number of hydrogen-bond donors (Lipinski definition) is 1. The third-order valence-electron chi connectivity index (χ3n) is 3.29. The number of rotatable bonds is 2. The fourth-order valence-corrected chi connectivity index (χ4v) is 2.34. The van der Waals surface area contributed by atoms with Crippen molar-refractivity contribution in [3.63, 3.8) is 0 Å². The highest BCUT2D eigenvalue weighted by atomic mass is 19.1. The fraction of sp³-hybridized carbons (Fsp3) is 0.267. The van der Waals surface area contributed by atoms with E-state index in [1.54, 1.807) is 18.2 Å². The lowest BCUT2D eigenvalue weighted by Crippen LogP contribution is -2.28. The standard InChI is InChI=1S/C15H14FNO3/c16-10-5-6-13-11(9-10)12(3-1-7-19-13)17-15(18)14-4-2-8-20-14/h2,4-6,8-9,12H,1,3,7H2,(H,17,18). The van der Waals surface area contributed by atoms with Crippen LogP contribution in [-0.4, -0.2) is 12.5 Å². The molecule has 0 spiro atoms. The lowest BCUT2D eigenvalue weighted by molar-refractivity contribution is 0.0906. The summed E-state index contributed by atoms with van der Waals surface area (Å²) < 4.78 is 24.1. The van der Waals surface area contributed by atoms with Crippen molar-refractivity contribution < 1.29 is 18.3 Å². The number of fused-ring (bicyclic) bond motifs is 1. The van der Waals surface area contributed by atoms with Crippen LogP contribution in [0, 0.1) is 5.82 Å². The van der Waals surface area contributed by atoms with Crippen molar-refractivity contribution in [1.29, 1.82) is 0 Å². The molecule has 1 N–H and O–H groups in total. The summed E-state index contributed by atoms with van der Waals surface area (Å²) in [5.41, 5.74) is 0.669. The average molecular weight is 275 g/mol. The Labute approximate surface area is 115 Å². The number of benzene rings is 1. The smallest absolute Gasteiger partial charge is 0.287 e. The Bertz CT molecular complexity index is 610. The second kappa shape index (κ2) is 5.36. The molecule has 2 aromatic rings. The van der Waals surface area contributed by atoms with E-state index in [1.165, 1.54) is 18.4 Å². The van der Waals surface area contributed by atoms with Crippen LogP contribution in [0.1, 0.15) is 35.0 Å². The maximum Gasteiger partial charge on any atom is 0.287 e. The minimum Gasteiger partial charge on any atom is -0.493 e. The zero-order valence-electron chi connectivity index (χ0n) is 10.8. The van der Waals surface area contributed by atoms with Crippen molar-refractivity contribution >= 4 is 5.91 Å². The monoisotopic (exact) mass is 275 g/mol. The van der Waals surface area contributed by atoms with E-state index in [1.807, 2.05) is 0 Å². The van der Waals surface area contributed by atoms with Gasteiger partial charge in [-0.25, -0.2) is 4.39 Å². The summed E-state index contributed by atoms with van der Waals surface area (Å²) in [4.78, 5) is 12.0. The second-order valence-corrected chi connectivity index (χ2v) is 4.68. The first kappa shape index (κ1) is 12.7. The Morgan fingerprint density at radius 3 is 3.05 bits per heavy atom. The van der Waals surface area contributed by atoms with E-state index in [4.69, 9.17) is 9.15 Å². The van der Waals surface area contributed by atoms with Gasteiger partial charge in [-0.3, -0.25) is 4.79 Å². The van der Waals surface area contributed by atoms with Crippen LogP contribution < -0.4 is 10.1 Å². The van der Waals surface area contributed by atoms with Crippen molar-refractivity contribution in [2.24, 2.45) is 0 Å². The van der Waals surface area contributed by atoms with E-state index in [2.05, 4.69) is 5.32 Å². The fourth-order valence-electron chi connectivity index (χ4n) is 2.34. The van der Waals surface area contributed by atoms with Gasteiger partial charge in [0.05, 0.1) is 18.9 Å². The molecule has 3 rings (SSSR count). The molecule has 0 bridgehead atoms. The Morgan fingerprint density at radius 2 is 2.25 bits per heavy atom. The molecule has 0 radical (unpaired) electrons. The van der Waals surface area contributed by atoms with Crippen LogP contribution in [0.25, 0.3) is 0 Å². The van der Waals surface area contributed by atoms with Crippen molar-refractivity contribution in [2.45, 2.75) is 18.9 Å². The number of ether oxygens (including phenoxy) is 1. The first-order valence-corrected chi connectivity index (χ1v) is 6.50. The van der Waals surface area contributed by atoms with E-state index in [9.17, 15) is 9.18 Å². The SMILES string of the molecule is O=C(NC1CCCOc2ccc(F)cc21)c1ccco1. The zero-order chi connectivity index (χ0) is 13.9. The van der Waals surface area contributed by atoms with Crippen LogP contribution in [0.4, 0.5) is 4.39 Å². The van der Waals surface area contributed by atoms with Gasteiger partial charge in [-0.15, -0.1) is 0 Å². The number of hydrogen-bond acceptors (Lipinski definition) is 3. The zero-order valence-corrected chi connectivity index (χ0v) is 10.8. The molecule has 1 aromatic heterocycles. The molecule has 2 heterocycles. The maximum absolute atomic E-state index is 13.4. The molecule has 1 unspecified atom stereocenters. The Kier molecular flexibility index (Phi) is 3.41. The van der Waals surface area contributed by atoms with Crippen molar-refractivity contribution in [3.8, 4) is 5.75 Å². The van der Waals surface area contributed by atoms with E-state index in [0.29, 0.717) is 24.3 Å². The van der Waals surface area contributed by atoms with Crippen LogP contribution in [-0.2, 0) is 0 Å². The van der Waals surface area contributed by atoms with E-state index < -0.39 is 0 Å². The minimum atomic E-state index is -0.341. The van der Waals surface area contributed by atoms with Gasteiger partial charge in [-0.1, -0.05) is 0 Å². The van der Waals surface area contributed by atoms with Crippen LogP contribution >= 0.6 is 0 Å². The molecule has 1 atom stereocenters. The normalized spacial score (nSPS) is 17.8. The summed E-state index contributed by atoms with van der Waals surface area (Å²) in [5.74, 6) is 0.213. The molecule has 0 saturated carbocycles. The third-order valence-corrected chi connectivity index (χ3v) is 3.29. The summed E-state index contributed by atoms with van der Waals surface area (Å²) in [6.07, 6.45) is 2.93.